The van der Waals surface area contributed by atoms with Crippen molar-refractivity contribution in [1.82, 2.24) is 0 Å². The van der Waals surface area contributed by atoms with Gasteiger partial charge in [-0.15, -0.1) is 0 Å². The first-order chi connectivity index (χ1) is 11.1. The van der Waals surface area contributed by atoms with Crippen molar-refractivity contribution in [2.75, 3.05) is 11.1 Å². The smallest absolute Gasteiger partial charge is 0.239 e. The molecule has 2 rings (SSSR count). The van der Waals surface area contributed by atoms with E-state index in [1.807, 2.05) is 45.9 Å². The quantitative estimate of drug-likeness (QED) is 0.919. The summed E-state index contributed by atoms with van der Waals surface area (Å²) in [6.45, 7) is 8.01. The van der Waals surface area contributed by atoms with Gasteiger partial charge in [0.1, 0.15) is 5.75 Å². The number of rotatable bonds is 4. The highest BCUT2D eigenvalue weighted by atomic mass is 32.2. The van der Waals surface area contributed by atoms with Crippen molar-refractivity contribution >= 4 is 21.4 Å². The molecule has 2 aromatic carbocycles. The van der Waals surface area contributed by atoms with Gasteiger partial charge in [0.25, 0.3) is 0 Å². The molecule has 0 unspecified atom stereocenters. The molecule has 0 heterocycles. The molecule has 0 saturated heterocycles. The molecule has 2 aromatic rings. The molecule has 1 N–H and O–H groups in total. The Morgan fingerprint density at radius 3 is 2.17 bits per heavy atom. The van der Waals surface area contributed by atoms with Crippen LogP contribution in [0.2, 0.25) is 0 Å². The highest BCUT2D eigenvalue weighted by molar-refractivity contribution is 7.92. The molecule has 0 spiro atoms. The first kappa shape index (κ1) is 18.2. The van der Waals surface area contributed by atoms with Crippen LogP contribution in [-0.2, 0) is 20.0 Å². The van der Waals surface area contributed by atoms with Crippen LogP contribution in [0, 0.1) is 6.92 Å². The summed E-state index contributed by atoms with van der Waals surface area (Å²) in [4.78, 5) is 12.4. The van der Waals surface area contributed by atoms with E-state index in [1.54, 1.807) is 18.2 Å². The van der Waals surface area contributed by atoms with Crippen LogP contribution in [0.15, 0.2) is 53.4 Å². The number of para-hydroxylation sites is 1. The standard InChI is InChI=1S/C19H23NO3S/c1-14-9-11-15(12-10-14)24(22,23)13-18(21)20-17-8-6-5-7-16(17)19(2,3)4/h5-12H,13H2,1-4H3,(H,20,21). The van der Waals surface area contributed by atoms with Gasteiger partial charge in [-0.05, 0) is 36.1 Å². The zero-order chi connectivity index (χ0) is 18.0. The fourth-order valence-electron chi connectivity index (χ4n) is 2.43. The summed E-state index contributed by atoms with van der Waals surface area (Å²) in [5.41, 5.74) is 2.43. The van der Waals surface area contributed by atoms with Crippen LogP contribution in [-0.4, -0.2) is 20.1 Å². The first-order valence-electron chi connectivity index (χ1n) is 7.78. The number of nitrogens with one attached hydrogen (secondary N) is 1. The number of benzene rings is 2. The first-order valence-corrected chi connectivity index (χ1v) is 9.43. The number of amides is 1. The Hall–Kier alpha value is -2.14. The van der Waals surface area contributed by atoms with E-state index in [0.29, 0.717) is 5.69 Å². The Morgan fingerprint density at radius 1 is 1.00 bits per heavy atom. The minimum absolute atomic E-state index is 0.153. The van der Waals surface area contributed by atoms with Crippen molar-refractivity contribution < 1.29 is 13.2 Å². The minimum atomic E-state index is -3.66. The molecule has 0 aliphatic rings. The number of hydrogen-bond donors (Lipinski definition) is 1. The monoisotopic (exact) mass is 345 g/mol. The Morgan fingerprint density at radius 2 is 1.58 bits per heavy atom. The third-order valence-electron chi connectivity index (χ3n) is 3.71. The lowest BCUT2D eigenvalue weighted by Gasteiger charge is -2.23. The lowest BCUT2D eigenvalue weighted by Crippen LogP contribution is -2.25. The number of carbonyl (C=O) groups excluding carboxylic acids is 1. The van der Waals surface area contributed by atoms with E-state index in [2.05, 4.69) is 5.32 Å². The molecule has 128 valence electrons. The predicted octanol–water partition coefficient (Wildman–Crippen LogP) is 3.70. The van der Waals surface area contributed by atoms with Crippen molar-refractivity contribution in [2.24, 2.45) is 0 Å². The second kappa shape index (κ2) is 6.77. The third kappa shape index (κ3) is 4.45. The maximum atomic E-state index is 12.4. The highest BCUT2D eigenvalue weighted by Gasteiger charge is 2.22. The number of hydrogen-bond acceptors (Lipinski definition) is 3. The summed E-state index contributed by atoms with van der Waals surface area (Å²) >= 11 is 0. The molecular formula is C19H23NO3S. The van der Waals surface area contributed by atoms with Crippen molar-refractivity contribution in [3.8, 4) is 0 Å². The van der Waals surface area contributed by atoms with Crippen molar-refractivity contribution in [3.63, 3.8) is 0 Å². The molecule has 24 heavy (non-hydrogen) atoms. The van der Waals surface area contributed by atoms with Gasteiger partial charge in [-0.2, -0.15) is 0 Å². The van der Waals surface area contributed by atoms with E-state index in [-0.39, 0.29) is 10.3 Å². The van der Waals surface area contributed by atoms with E-state index >= 15 is 0 Å². The van der Waals surface area contributed by atoms with Gasteiger partial charge in [-0.1, -0.05) is 56.7 Å². The molecule has 0 atom stereocenters. The lowest BCUT2D eigenvalue weighted by atomic mass is 9.86. The third-order valence-corrected chi connectivity index (χ3v) is 5.34. The maximum Gasteiger partial charge on any atom is 0.239 e. The van der Waals surface area contributed by atoms with Crippen LogP contribution in [0.3, 0.4) is 0 Å². The van der Waals surface area contributed by atoms with Gasteiger partial charge in [0.05, 0.1) is 4.90 Å². The number of carbonyl (C=O) groups is 1. The van der Waals surface area contributed by atoms with Crippen molar-refractivity contribution in [3.05, 3.63) is 59.7 Å². The zero-order valence-electron chi connectivity index (χ0n) is 14.5. The number of anilines is 1. The summed E-state index contributed by atoms with van der Waals surface area (Å²) in [7, 11) is -3.66. The van der Waals surface area contributed by atoms with Crippen LogP contribution in [0.1, 0.15) is 31.9 Å². The maximum absolute atomic E-state index is 12.4. The van der Waals surface area contributed by atoms with Gasteiger partial charge in [-0.25, -0.2) is 8.42 Å². The average molecular weight is 345 g/mol. The normalized spacial score (nSPS) is 12.0. The molecule has 0 radical (unpaired) electrons. The number of aryl methyl sites for hydroxylation is 1. The van der Waals surface area contributed by atoms with Crippen molar-refractivity contribution in [1.29, 1.82) is 0 Å². The second-order valence-electron chi connectivity index (χ2n) is 6.92. The average Bonchev–Trinajstić information content (AvgIpc) is 2.46. The Balaban J connectivity index is 2.18. The summed E-state index contributed by atoms with van der Waals surface area (Å²) in [5, 5.41) is 2.74. The molecule has 0 saturated carbocycles. The van der Waals surface area contributed by atoms with Crippen LogP contribution >= 0.6 is 0 Å². The van der Waals surface area contributed by atoms with Crippen molar-refractivity contribution in [2.45, 2.75) is 38.0 Å². The molecule has 1 amide bonds. The summed E-state index contributed by atoms with van der Waals surface area (Å²) in [6, 6.07) is 13.9. The highest BCUT2D eigenvalue weighted by Crippen LogP contribution is 2.29. The zero-order valence-corrected chi connectivity index (χ0v) is 15.3. The lowest BCUT2D eigenvalue weighted by molar-refractivity contribution is -0.113. The molecule has 4 nitrogen and oxygen atoms in total. The fraction of sp³-hybridized carbons (Fsp3) is 0.316. The second-order valence-corrected chi connectivity index (χ2v) is 8.91. The molecule has 0 bridgehead atoms. The molecule has 0 aliphatic carbocycles. The summed E-state index contributed by atoms with van der Waals surface area (Å²) in [6.07, 6.45) is 0. The number of sulfone groups is 1. The van der Waals surface area contributed by atoms with Crippen LogP contribution in [0.4, 0.5) is 5.69 Å². The molecule has 0 aliphatic heterocycles. The molecule has 0 aromatic heterocycles. The Kier molecular flexibility index (Phi) is 5.13. The van der Waals surface area contributed by atoms with Crippen LogP contribution in [0.25, 0.3) is 0 Å². The molecular weight excluding hydrogens is 322 g/mol. The van der Waals surface area contributed by atoms with Crippen LogP contribution < -0.4 is 5.32 Å². The van der Waals surface area contributed by atoms with Gasteiger partial charge >= 0.3 is 0 Å². The summed E-state index contributed by atoms with van der Waals surface area (Å²) < 4.78 is 24.7. The molecule has 5 heteroatoms. The largest absolute Gasteiger partial charge is 0.325 e. The minimum Gasteiger partial charge on any atom is -0.325 e. The van der Waals surface area contributed by atoms with Crippen LogP contribution in [0.5, 0.6) is 0 Å². The Labute approximate surface area is 143 Å². The fourth-order valence-corrected chi connectivity index (χ4v) is 3.57. The van der Waals surface area contributed by atoms with E-state index in [0.717, 1.165) is 11.1 Å². The van der Waals surface area contributed by atoms with Gasteiger partial charge in [0.15, 0.2) is 9.84 Å². The van der Waals surface area contributed by atoms with Gasteiger partial charge < -0.3 is 5.32 Å². The van der Waals surface area contributed by atoms with Gasteiger partial charge in [-0.3, -0.25) is 4.79 Å². The van der Waals surface area contributed by atoms with E-state index in [4.69, 9.17) is 0 Å². The SMILES string of the molecule is Cc1ccc(S(=O)(=O)CC(=O)Nc2ccccc2C(C)(C)C)cc1. The molecule has 0 fully saturated rings. The Bertz CT molecular complexity index is 832. The topological polar surface area (TPSA) is 63.2 Å². The van der Waals surface area contributed by atoms with Gasteiger partial charge in [0.2, 0.25) is 5.91 Å². The van der Waals surface area contributed by atoms with E-state index in [1.165, 1.54) is 12.1 Å². The predicted molar refractivity (Wildman–Crippen MR) is 97.0 cm³/mol. The van der Waals surface area contributed by atoms with Gasteiger partial charge in [0, 0.05) is 5.69 Å². The van der Waals surface area contributed by atoms with E-state index < -0.39 is 21.5 Å². The van der Waals surface area contributed by atoms with E-state index in [9.17, 15) is 13.2 Å². The summed E-state index contributed by atoms with van der Waals surface area (Å²) in [5.74, 6) is -1.11.